The van der Waals surface area contributed by atoms with E-state index in [0.29, 0.717) is 30.2 Å². The van der Waals surface area contributed by atoms with Crippen molar-refractivity contribution in [1.29, 1.82) is 0 Å². The zero-order chi connectivity index (χ0) is 24.2. The largest absolute Gasteiger partial charge is 0.493 e. The molecule has 0 unspecified atom stereocenters. The van der Waals surface area contributed by atoms with Gasteiger partial charge in [0.05, 0.1) is 31.4 Å². The van der Waals surface area contributed by atoms with Gasteiger partial charge in [-0.25, -0.2) is 4.98 Å². The molecular weight excluding hydrogens is 430 g/mol. The molecule has 0 spiro atoms. The van der Waals surface area contributed by atoms with E-state index in [-0.39, 0.29) is 12.0 Å². The fourth-order valence-electron chi connectivity index (χ4n) is 4.57. The SMILES string of the molecule is COc1cccc(C(=O)N(Cc2cc3cccc(C)c3nc2N(C)C)C[C@H]2CCCO2)c1OC. The molecule has 3 aromatic rings. The number of para-hydroxylation sites is 2. The summed E-state index contributed by atoms with van der Waals surface area (Å²) in [7, 11) is 7.08. The van der Waals surface area contributed by atoms with E-state index in [4.69, 9.17) is 19.2 Å². The Morgan fingerprint density at radius 2 is 1.94 bits per heavy atom. The van der Waals surface area contributed by atoms with Crippen LogP contribution in [0.5, 0.6) is 11.5 Å². The molecule has 0 bridgehead atoms. The van der Waals surface area contributed by atoms with Gasteiger partial charge in [-0.3, -0.25) is 4.79 Å². The van der Waals surface area contributed by atoms with Gasteiger partial charge in [0.1, 0.15) is 5.82 Å². The topological polar surface area (TPSA) is 64.1 Å². The molecule has 1 aliphatic rings. The molecule has 180 valence electrons. The number of hydrogen-bond donors (Lipinski definition) is 0. The van der Waals surface area contributed by atoms with E-state index in [1.54, 1.807) is 26.4 Å². The highest BCUT2D eigenvalue weighted by Gasteiger charge is 2.28. The molecule has 1 fully saturated rings. The van der Waals surface area contributed by atoms with Crippen molar-refractivity contribution in [3.8, 4) is 11.5 Å². The van der Waals surface area contributed by atoms with Crippen LogP contribution in [0.15, 0.2) is 42.5 Å². The van der Waals surface area contributed by atoms with E-state index >= 15 is 0 Å². The van der Waals surface area contributed by atoms with Crippen LogP contribution in [0.1, 0.15) is 34.3 Å². The van der Waals surface area contributed by atoms with Crippen molar-refractivity contribution in [3.05, 3.63) is 59.2 Å². The van der Waals surface area contributed by atoms with Crippen LogP contribution in [0, 0.1) is 6.92 Å². The maximum Gasteiger partial charge on any atom is 0.258 e. The van der Waals surface area contributed by atoms with Gasteiger partial charge in [0.25, 0.3) is 5.91 Å². The predicted octanol–water partition coefficient (Wildman–Crippen LogP) is 4.45. The molecule has 1 atom stereocenters. The second-order valence-corrected chi connectivity index (χ2v) is 8.87. The number of ether oxygens (including phenoxy) is 3. The molecule has 2 aromatic carbocycles. The van der Waals surface area contributed by atoms with Crippen molar-refractivity contribution < 1.29 is 19.0 Å². The number of rotatable bonds is 8. The van der Waals surface area contributed by atoms with E-state index in [1.165, 1.54) is 0 Å². The smallest absolute Gasteiger partial charge is 0.258 e. The van der Waals surface area contributed by atoms with Crippen LogP contribution in [0.4, 0.5) is 5.82 Å². The number of fused-ring (bicyclic) bond motifs is 1. The molecule has 1 aromatic heterocycles. The lowest BCUT2D eigenvalue weighted by Gasteiger charge is -2.28. The third kappa shape index (κ3) is 4.80. The summed E-state index contributed by atoms with van der Waals surface area (Å²) in [5.41, 5.74) is 3.55. The zero-order valence-electron chi connectivity index (χ0n) is 20.6. The molecule has 7 heteroatoms. The van der Waals surface area contributed by atoms with Crippen LogP contribution in [-0.2, 0) is 11.3 Å². The minimum Gasteiger partial charge on any atom is -0.493 e. The Kier molecular flexibility index (Phi) is 7.22. The molecule has 7 nitrogen and oxygen atoms in total. The van der Waals surface area contributed by atoms with Gasteiger partial charge >= 0.3 is 0 Å². The number of pyridine rings is 1. The lowest BCUT2D eigenvalue weighted by Crippen LogP contribution is -2.37. The Morgan fingerprint density at radius 1 is 1.15 bits per heavy atom. The highest BCUT2D eigenvalue weighted by Crippen LogP contribution is 2.33. The van der Waals surface area contributed by atoms with Crippen molar-refractivity contribution in [1.82, 2.24) is 9.88 Å². The molecule has 1 amide bonds. The van der Waals surface area contributed by atoms with E-state index in [2.05, 4.69) is 25.1 Å². The summed E-state index contributed by atoms with van der Waals surface area (Å²) < 4.78 is 16.9. The normalized spacial score (nSPS) is 15.4. The second kappa shape index (κ2) is 10.3. The average Bonchev–Trinajstić information content (AvgIpc) is 3.35. The summed E-state index contributed by atoms with van der Waals surface area (Å²) in [6.45, 7) is 3.70. The highest BCUT2D eigenvalue weighted by molar-refractivity contribution is 5.98. The molecule has 4 rings (SSSR count). The lowest BCUT2D eigenvalue weighted by atomic mass is 10.1. The number of carbonyl (C=O) groups excluding carboxylic acids is 1. The van der Waals surface area contributed by atoms with Crippen molar-refractivity contribution in [3.63, 3.8) is 0 Å². The quantitative estimate of drug-likeness (QED) is 0.492. The van der Waals surface area contributed by atoms with Gasteiger partial charge in [-0.15, -0.1) is 0 Å². The molecule has 0 N–H and O–H groups in total. The number of aryl methyl sites for hydroxylation is 1. The highest BCUT2D eigenvalue weighted by atomic mass is 16.5. The summed E-state index contributed by atoms with van der Waals surface area (Å²) in [6, 6.07) is 13.7. The van der Waals surface area contributed by atoms with E-state index < -0.39 is 0 Å². The minimum atomic E-state index is -0.125. The monoisotopic (exact) mass is 463 g/mol. The van der Waals surface area contributed by atoms with Crippen molar-refractivity contribution in [2.45, 2.75) is 32.4 Å². The third-order valence-electron chi connectivity index (χ3n) is 6.26. The molecular formula is C27H33N3O4. The van der Waals surface area contributed by atoms with Crippen LogP contribution >= 0.6 is 0 Å². The van der Waals surface area contributed by atoms with Crippen LogP contribution in [-0.4, -0.2) is 63.4 Å². The van der Waals surface area contributed by atoms with Gasteiger partial charge in [-0.2, -0.15) is 0 Å². The maximum atomic E-state index is 13.9. The van der Waals surface area contributed by atoms with Crippen molar-refractivity contribution in [2.75, 3.05) is 46.4 Å². The number of carbonyl (C=O) groups is 1. The Morgan fingerprint density at radius 3 is 2.62 bits per heavy atom. The molecule has 2 heterocycles. The fraction of sp³-hybridized carbons (Fsp3) is 0.407. The standard InChI is InChI=1S/C27H33N3O4/c1-18-9-6-10-19-15-20(26(29(2)3)28-24(18)19)16-30(17-21-11-8-14-34-21)27(31)22-12-7-13-23(32-4)25(22)33-5/h6-7,9-10,12-13,15,21H,8,11,14,16-17H2,1-5H3/t21-/m1/s1. The van der Waals surface area contributed by atoms with Crippen LogP contribution in [0.25, 0.3) is 10.9 Å². The van der Waals surface area contributed by atoms with Gasteiger partial charge < -0.3 is 24.0 Å². The first-order valence-corrected chi connectivity index (χ1v) is 11.6. The number of anilines is 1. The number of aromatic nitrogens is 1. The summed E-state index contributed by atoms with van der Waals surface area (Å²) >= 11 is 0. The molecule has 0 aliphatic carbocycles. The Labute approximate surface area is 201 Å². The summed E-state index contributed by atoms with van der Waals surface area (Å²) in [4.78, 5) is 22.7. The molecule has 0 saturated carbocycles. The van der Waals surface area contributed by atoms with Gasteiger partial charge in [0.15, 0.2) is 11.5 Å². The third-order valence-corrected chi connectivity index (χ3v) is 6.26. The van der Waals surface area contributed by atoms with E-state index in [1.807, 2.05) is 36.0 Å². The van der Waals surface area contributed by atoms with E-state index in [9.17, 15) is 4.79 Å². The summed E-state index contributed by atoms with van der Waals surface area (Å²) in [5.74, 6) is 1.69. The number of hydrogen-bond acceptors (Lipinski definition) is 6. The van der Waals surface area contributed by atoms with Gasteiger partial charge in [0, 0.05) is 44.7 Å². The lowest BCUT2D eigenvalue weighted by molar-refractivity contribution is 0.0504. The maximum absolute atomic E-state index is 13.9. The molecule has 34 heavy (non-hydrogen) atoms. The first kappa shape index (κ1) is 23.8. The van der Waals surface area contributed by atoms with Crippen molar-refractivity contribution >= 4 is 22.6 Å². The predicted molar refractivity (Wildman–Crippen MR) is 134 cm³/mol. The minimum absolute atomic E-state index is 0.0130. The Bertz CT molecular complexity index is 1170. The number of benzene rings is 2. The number of nitrogens with zero attached hydrogens (tertiary/aromatic N) is 3. The van der Waals surface area contributed by atoms with Crippen LogP contribution in [0.2, 0.25) is 0 Å². The summed E-state index contributed by atoms with van der Waals surface area (Å²) in [6.07, 6.45) is 1.96. The van der Waals surface area contributed by atoms with Crippen LogP contribution < -0.4 is 14.4 Å². The van der Waals surface area contributed by atoms with Gasteiger partial charge in [0.2, 0.25) is 0 Å². The second-order valence-electron chi connectivity index (χ2n) is 8.87. The Balaban J connectivity index is 1.76. The van der Waals surface area contributed by atoms with Gasteiger partial charge in [-0.05, 0) is 43.5 Å². The molecule has 0 radical (unpaired) electrons. The molecule has 1 saturated heterocycles. The van der Waals surface area contributed by atoms with Crippen molar-refractivity contribution in [2.24, 2.45) is 0 Å². The Hall–Kier alpha value is -3.32. The number of amides is 1. The van der Waals surface area contributed by atoms with E-state index in [0.717, 1.165) is 47.3 Å². The van der Waals surface area contributed by atoms with Gasteiger partial charge in [-0.1, -0.05) is 24.3 Å². The molecule has 1 aliphatic heterocycles. The summed E-state index contributed by atoms with van der Waals surface area (Å²) in [5, 5.41) is 1.06. The van der Waals surface area contributed by atoms with Crippen LogP contribution in [0.3, 0.4) is 0 Å². The fourth-order valence-corrected chi connectivity index (χ4v) is 4.57. The number of methoxy groups -OCH3 is 2. The average molecular weight is 464 g/mol. The zero-order valence-corrected chi connectivity index (χ0v) is 20.6. The first-order chi connectivity index (χ1) is 16.4. The first-order valence-electron chi connectivity index (χ1n) is 11.6.